The van der Waals surface area contributed by atoms with Gasteiger partial charge >= 0.3 is 0 Å². The first-order chi connectivity index (χ1) is 10.3. The monoisotopic (exact) mass is 288 g/mol. The molecule has 21 heavy (non-hydrogen) atoms. The number of benzene rings is 1. The summed E-state index contributed by atoms with van der Waals surface area (Å²) >= 11 is 0. The molecule has 112 valence electrons. The Kier molecular flexibility index (Phi) is 2.71. The van der Waals surface area contributed by atoms with Crippen LogP contribution in [0.3, 0.4) is 0 Å². The molecule has 1 aliphatic heterocycles. The topological polar surface area (TPSA) is 36.9 Å². The summed E-state index contributed by atoms with van der Waals surface area (Å²) in [6.07, 6.45) is 5.57. The maximum atomic E-state index is 5.86. The van der Waals surface area contributed by atoms with Crippen LogP contribution in [-0.2, 0) is 19.6 Å². The van der Waals surface area contributed by atoms with Gasteiger partial charge in [-0.25, -0.2) is 0 Å². The van der Waals surface area contributed by atoms with Gasteiger partial charge in [0.05, 0.1) is 0 Å². The molecule has 0 atom stereocenters. The summed E-state index contributed by atoms with van der Waals surface area (Å²) in [4.78, 5) is 22.9. The second-order valence-corrected chi connectivity index (χ2v) is 7.13. The predicted octanol–water partition coefficient (Wildman–Crippen LogP) is 3.75. The molecule has 1 spiro atoms. The zero-order valence-electron chi connectivity index (χ0n) is 11.9. The number of hydrogen-bond donors (Lipinski definition) is 0. The van der Waals surface area contributed by atoms with Crippen LogP contribution in [0.15, 0.2) is 30.3 Å². The second kappa shape index (κ2) is 4.53. The Morgan fingerprint density at radius 1 is 0.762 bits per heavy atom. The molecule has 1 saturated heterocycles. The van der Waals surface area contributed by atoms with Crippen LogP contribution in [-0.4, -0.2) is 5.79 Å². The molecule has 4 saturated carbocycles. The molecule has 4 heteroatoms. The van der Waals surface area contributed by atoms with Crippen LogP contribution in [0.5, 0.6) is 0 Å². The lowest BCUT2D eigenvalue weighted by atomic mass is 9.53. The summed E-state index contributed by atoms with van der Waals surface area (Å²) in [5.41, 5.74) is 0.913. The highest BCUT2D eigenvalue weighted by Gasteiger charge is 2.63. The minimum absolute atomic E-state index is 0.422. The normalized spacial score (nSPS) is 47.9. The standard InChI is InChI=1S/C17H20O4/c1-2-4-13(5-3-1)16-18-20-17(21-19-16)14-7-11-6-12(9-14)10-15(17)8-11/h1-5,11-12,14-16H,6-10H2. The van der Waals surface area contributed by atoms with Gasteiger partial charge in [0, 0.05) is 17.4 Å². The third-order valence-corrected chi connectivity index (χ3v) is 5.88. The molecule has 4 aliphatic carbocycles. The molecule has 0 unspecified atom stereocenters. The van der Waals surface area contributed by atoms with Crippen molar-refractivity contribution < 1.29 is 19.6 Å². The van der Waals surface area contributed by atoms with E-state index in [9.17, 15) is 0 Å². The highest BCUT2D eigenvalue weighted by molar-refractivity contribution is 5.16. The number of rotatable bonds is 1. The van der Waals surface area contributed by atoms with Gasteiger partial charge in [0.1, 0.15) is 0 Å². The molecule has 5 fully saturated rings. The molecule has 4 nitrogen and oxygen atoms in total. The van der Waals surface area contributed by atoms with Crippen LogP contribution in [0.4, 0.5) is 0 Å². The van der Waals surface area contributed by atoms with Crippen molar-refractivity contribution in [1.82, 2.24) is 0 Å². The Hall–Kier alpha value is -0.940. The van der Waals surface area contributed by atoms with Gasteiger partial charge in [0.2, 0.25) is 12.1 Å². The number of hydrogen-bond acceptors (Lipinski definition) is 4. The molecule has 1 aromatic rings. The van der Waals surface area contributed by atoms with Gasteiger partial charge in [0.25, 0.3) is 0 Å². The highest BCUT2D eigenvalue weighted by atomic mass is 17.4. The summed E-state index contributed by atoms with van der Waals surface area (Å²) in [7, 11) is 0. The summed E-state index contributed by atoms with van der Waals surface area (Å²) in [6, 6.07) is 9.77. The van der Waals surface area contributed by atoms with Gasteiger partial charge in [-0.15, -0.1) is 0 Å². The largest absolute Gasteiger partial charge is 0.249 e. The lowest BCUT2D eigenvalue weighted by Crippen LogP contribution is -2.62. The van der Waals surface area contributed by atoms with Crippen molar-refractivity contribution in [3.8, 4) is 0 Å². The molecule has 6 rings (SSSR count). The zero-order valence-corrected chi connectivity index (χ0v) is 11.9. The van der Waals surface area contributed by atoms with E-state index in [0.717, 1.165) is 17.4 Å². The average Bonchev–Trinajstić information content (AvgIpc) is 2.53. The second-order valence-electron chi connectivity index (χ2n) is 7.13. The van der Waals surface area contributed by atoms with Gasteiger partial charge in [-0.1, -0.05) is 30.3 Å². The zero-order chi connectivity index (χ0) is 13.9. The van der Waals surface area contributed by atoms with E-state index in [1.165, 1.54) is 32.1 Å². The molecule has 1 heterocycles. The van der Waals surface area contributed by atoms with Gasteiger partial charge in [-0.05, 0) is 43.9 Å². The molecule has 0 aromatic heterocycles. The maximum Gasteiger partial charge on any atom is 0.249 e. The molecular formula is C17H20O4. The van der Waals surface area contributed by atoms with E-state index >= 15 is 0 Å². The van der Waals surface area contributed by atoms with Gasteiger partial charge in [-0.3, -0.25) is 0 Å². The van der Waals surface area contributed by atoms with E-state index in [0.29, 0.717) is 11.8 Å². The van der Waals surface area contributed by atoms with Crippen molar-refractivity contribution in [1.29, 1.82) is 0 Å². The van der Waals surface area contributed by atoms with Crippen LogP contribution in [0.25, 0.3) is 0 Å². The van der Waals surface area contributed by atoms with E-state index in [4.69, 9.17) is 19.6 Å². The van der Waals surface area contributed by atoms with Crippen molar-refractivity contribution in [2.24, 2.45) is 23.7 Å². The first-order valence-corrected chi connectivity index (χ1v) is 8.07. The van der Waals surface area contributed by atoms with Crippen LogP contribution < -0.4 is 0 Å². The summed E-state index contributed by atoms with van der Waals surface area (Å²) in [5.74, 6) is 1.91. The van der Waals surface area contributed by atoms with Crippen molar-refractivity contribution in [2.75, 3.05) is 0 Å². The van der Waals surface area contributed by atoms with Gasteiger partial charge in [0.15, 0.2) is 0 Å². The minimum Gasteiger partial charge on any atom is -0.194 e. The molecule has 5 aliphatic rings. The summed E-state index contributed by atoms with van der Waals surface area (Å²) < 4.78 is 0. The van der Waals surface area contributed by atoms with E-state index in [1.807, 2.05) is 30.3 Å². The minimum atomic E-state index is -0.654. The van der Waals surface area contributed by atoms with Crippen LogP contribution in [0.2, 0.25) is 0 Å². The van der Waals surface area contributed by atoms with Crippen LogP contribution in [0.1, 0.15) is 44.0 Å². The fraction of sp³-hybridized carbons (Fsp3) is 0.647. The Morgan fingerprint density at radius 2 is 1.33 bits per heavy atom. The Morgan fingerprint density at radius 3 is 1.90 bits per heavy atom. The quantitative estimate of drug-likeness (QED) is 0.738. The third kappa shape index (κ3) is 1.83. The predicted molar refractivity (Wildman–Crippen MR) is 73.3 cm³/mol. The fourth-order valence-electron chi connectivity index (χ4n) is 5.10. The molecular weight excluding hydrogens is 268 g/mol. The lowest BCUT2D eigenvalue weighted by Gasteiger charge is -2.59. The van der Waals surface area contributed by atoms with Crippen molar-refractivity contribution in [3.63, 3.8) is 0 Å². The Labute approximate surface area is 124 Å². The van der Waals surface area contributed by atoms with E-state index in [2.05, 4.69) is 0 Å². The lowest BCUT2D eigenvalue weighted by molar-refractivity contribution is -0.654. The molecule has 0 radical (unpaired) electrons. The van der Waals surface area contributed by atoms with Crippen molar-refractivity contribution >= 4 is 0 Å². The summed E-state index contributed by atoms with van der Waals surface area (Å²) in [6.45, 7) is 0. The van der Waals surface area contributed by atoms with Gasteiger partial charge in [-0.2, -0.15) is 19.6 Å². The Balaban J connectivity index is 1.36. The van der Waals surface area contributed by atoms with E-state index < -0.39 is 12.1 Å². The maximum absolute atomic E-state index is 5.86. The molecule has 1 aromatic carbocycles. The van der Waals surface area contributed by atoms with Crippen molar-refractivity contribution in [3.05, 3.63) is 35.9 Å². The molecule has 0 N–H and O–H groups in total. The fourth-order valence-corrected chi connectivity index (χ4v) is 5.10. The smallest absolute Gasteiger partial charge is 0.194 e. The Bertz CT molecular complexity index is 491. The SMILES string of the molecule is c1ccc(C2OOC3(OO2)C2CC4CC(C2)CC3C4)cc1. The van der Waals surface area contributed by atoms with Gasteiger partial charge < -0.3 is 0 Å². The van der Waals surface area contributed by atoms with E-state index in [-0.39, 0.29) is 0 Å². The summed E-state index contributed by atoms with van der Waals surface area (Å²) in [5, 5.41) is 0. The van der Waals surface area contributed by atoms with E-state index in [1.54, 1.807) is 0 Å². The molecule has 0 amide bonds. The van der Waals surface area contributed by atoms with Crippen LogP contribution >= 0.6 is 0 Å². The average molecular weight is 288 g/mol. The third-order valence-electron chi connectivity index (χ3n) is 5.88. The van der Waals surface area contributed by atoms with Crippen LogP contribution in [0, 0.1) is 23.7 Å². The first kappa shape index (κ1) is 12.6. The van der Waals surface area contributed by atoms with Crippen molar-refractivity contribution in [2.45, 2.75) is 44.2 Å². The molecule has 4 bridgehead atoms. The highest BCUT2D eigenvalue weighted by Crippen LogP contribution is 2.61. The first-order valence-electron chi connectivity index (χ1n) is 8.07.